The Morgan fingerprint density at radius 1 is 0.833 bits per heavy atom. The van der Waals surface area contributed by atoms with Crippen LogP contribution in [0.2, 0.25) is 5.02 Å². The zero-order valence-electron chi connectivity index (χ0n) is 13.9. The predicted octanol–water partition coefficient (Wildman–Crippen LogP) is 6.06. The van der Waals surface area contributed by atoms with E-state index in [1.807, 2.05) is 30.3 Å². The third-order valence-corrected chi connectivity index (χ3v) is 6.23. The van der Waals surface area contributed by atoms with Crippen molar-refractivity contribution in [3.05, 3.63) is 70.2 Å². The van der Waals surface area contributed by atoms with Gasteiger partial charge in [-0.15, -0.1) is 0 Å². The fraction of sp³-hybridized carbons (Fsp3) is 0.409. The quantitative estimate of drug-likeness (QED) is 0.650. The van der Waals surface area contributed by atoms with Gasteiger partial charge in [-0.2, -0.15) is 0 Å². The number of Topliss-reactive ketones (excluding diaryl/α,β-unsaturated/α-hetero) is 1. The minimum atomic E-state index is 0.181. The second-order valence-corrected chi connectivity index (χ2v) is 7.71. The normalized spacial score (nSPS) is 26.9. The fourth-order valence-corrected chi connectivity index (χ4v) is 4.92. The van der Waals surface area contributed by atoms with E-state index in [4.69, 9.17) is 11.6 Å². The van der Waals surface area contributed by atoms with Crippen LogP contribution in [0.15, 0.2) is 48.5 Å². The third kappa shape index (κ3) is 2.91. The maximum Gasteiger partial charge on any atom is 0.166 e. The molecular weight excluding hydrogens is 316 g/mol. The first-order chi connectivity index (χ1) is 11.7. The minimum Gasteiger partial charge on any atom is -0.294 e. The van der Waals surface area contributed by atoms with Gasteiger partial charge in [-0.3, -0.25) is 4.79 Å². The molecule has 2 aromatic carbocycles. The van der Waals surface area contributed by atoms with E-state index in [1.165, 1.54) is 36.8 Å². The molecule has 0 N–H and O–H groups in total. The van der Waals surface area contributed by atoms with Crippen LogP contribution < -0.4 is 0 Å². The summed E-state index contributed by atoms with van der Waals surface area (Å²) in [5.74, 6) is 1.53. The highest BCUT2D eigenvalue weighted by Gasteiger charge is 2.38. The van der Waals surface area contributed by atoms with Gasteiger partial charge in [0.05, 0.1) is 0 Å². The van der Waals surface area contributed by atoms with Crippen molar-refractivity contribution < 1.29 is 4.79 Å². The summed E-state index contributed by atoms with van der Waals surface area (Å²) in [6, 6.07) is 16.5. The lowest BCUT2D eigenvalue weighted by Crippen LogP contribution is -2.34. The first-order valence-electron chi connectivity index (χ1n) is 9.11. The summed E-state index contributed by atoms with van der Waals surface area (Å²) in [7, 11) is 0. The zero-order chi connectivity index (χ0) is 16.5. The Bertz CT molecular complexity index is 734. The predicted molar refractivity (Wildman–Crippen MR) is 98.7 cm³/mol. The highest BCUT2D eigenvalue weighted by molar-refractivity contribution is 6.30. The number of carbonyl (C=O) groups is 1. The van der Waals surface area contributed by atoms with Gasteiger partial charge in [0.15, 0.2) is 5.78 Å². The summed E-state index contributed by atoms with van der Waals surface area (Å²) < 4.78 is 0. The van der Waals surface area contributed by atoms with Gasteiger partial charge in [0.1, 0.15) is 0 Å². The number of hydrogen-bond acceptors (Lipinski definition) is 1. The lowest BCUT2D eigenvalue weighted by atomic mass is 9.65. The summed E-state index contributed by atoms with van der Waals surface area (Å²) in [5.41, 5.74) is 3.56. The first kappa shape index (κ1) is 15.9. The van der Waals surface area contributed by atoms with Crippen LogP contribution in [-0.2, 0) is 6.42 Å². The summed E-state index contributed by atoms with van der Waals surface area (Å²) >= 11 is 6.06. The third-order valence-electron chi connectivity index (χ3n) is 5.98. The van der Waals surface area contributed by atoms with Crippen LogP contribution in [0, 0.1) is 11.8 Å². The van der Waals surface area contributed by atoms with E-state index in [1.54, 1.807) is 0 Å². The fourth-order valence-electron chi connectivity index (χ4n) is 4.79. The Labute approximate surface area is 149 Å². The van der Waals surface area contributed by atoms with Crippen molar-refractivity contribution in [2.45, 2.75) is 44.4 Å². The smallest absolute Gasteiger partial charge is 0.166 e. The van der Waals surface area contributed by atoms with Gasteiger partial charge in [0.25, 0.3) is 0 Å². The SMILES string of the molecule is O=C1c2ccccc2CCC1C1CCCCC1c1ccc(Cl)cc1. The van der Waals surface area contributed by atoms with Crippen LogP contribution in [0.4, 0.5) is 0 Å². The van der Waals surface area contributed by atoms with Crippen molar-refractivity contribution in [2.75, 3.05) is 0 Å². The number of rotatable bonds is 2. The van der Waals surface area contributed by atoms with Crippen LogP contribution in [0.25, 0.3) is 0 Å². The average Bonchev–Trinajstić information content (AvgIpc) is 2.63. The van der Waals surface area contributed by atoms with Crippen molar-refractivity contribution in [2.24, 2.45) is 11.8 Å². The lowest BCUT2D eigenvalue weighted by Gasteiger charge is -2.39. The van der Waals surface area contributed by atoms with Gasteiger partial charge in [-0.25, -0.2) is 0 Å². The number of halogens is 1. The van der Waals surface area contributed by atoms with Crippen LogP contribution in [0.5, 0.6) is 0 Å². The number of ketones is 1. The van der Waals surface area contributed by atoms with Crippen molar-refractivity contribution in [1.29, 1.82) is 0 Å². The molecule has 2 aliphatic rings. The second-order valence-electron chi connectivity index (χ2n) is 7.27. The molecule has 2 heteroatoms. The summed E-state index contributed by atoms with van der Waals surface area (Å²) in [5, 5.41) is 0.786. The maximum atomic E-state index is 13.1. The summed E-state index contributed by atoms with van der Waals surface area (Å²) in [6.07, 6.45) is 6.92. The first-order valence-corrected chi connectivity index (χ1v) is 9.49. The molecule has 0 saturated heterocycles. The van der Waals surface area contributed by atoms with Gasteiger partial charge in [0, 0.05) is 16.5 Å². The van der Waals surface area contributed by atoms with Crippen LogP contribution >= 0.6 is 11.6 Å². The molecule has 4 rings (SSSR count). The molecule has 124 valence electrons. The number of aryl methyl sites for hydroxylation is 1. The van der Waals surface area contributed by atoms with Gasteiger partial charge in [-0.1, -0.05) is 60.8 Å². The van der Waals surface area contributed by atoms with Gasteiger partial charge in [0.2, 0.25) is 0 Å². The van der Waals surface area contributed by atoms with Gasteiger partial charge < -0.3 is 0 Å². The van der Waals surface area contributed by atoms with E-state index in [0.717, 1.165) is 23.4 Å². The summed E-state index contributed by atoms with van der Waals surface area (Å²) in [4.78, 5) is 13.1. The molecule has 0 aliphatic heterocycles. The van der Waals surface area contributed by atoms with Crippen molar-refractivity contribution in [3.63, 3.8) is 0 Å². The molecule has 1 fully saturated rings. The molecule has 2 aromatic rings. The standard InChI is InChI=1S/C22H23ClO/c23-17-12-9-16(10-13-17)18-6-3-4-8-20(18)21-14-11-15-5-1-2-7-19(15)22(21)24/h1-2,5,7,9-10,12-13,18,20-21H,3-4,6,8,11,14H2. The van der Waals surface area contributed by atoms with Crippen LogP contribution in [0.3, 0.4) is 0 Å². The molecule has 1 saturated carbocycles. The molecule has 0 radical (unpaired) electrons. The molecular formula is C22H23ClO. The van der Waals surface area contributed by atoms with E-state index < -0.39 is 0 Å². The van der Waals surface area contributed by atoms with Crippen molar-refractivity contribution >= 4 is 17.4 Å². The lowest BCUT2D eigenvalue weighted by molar-refractivity contribution is 0.0796. The van der Waals surface area contributed by atoms with Crippen LogP contribution in [-0.4, -0.2) is 5.78 Å². The number of hydrogen-bond donors (Lipinski definition) is 0. The van der Waals surface area contributed by atoms with E-state index >= 15 is 0 Å². The minimum absolute atomic E-state index is 0.181. The Morgan fingerprint density at radius 3 is 2.42 bits per heavy atom. The summed E-state index contributed by atoms with van der Waals surface area (Å²) in [6.45, 7) is 0. The topological polar surface area (TPSA) is 17.1 Å². The largest absolute Gasteiger partial charge is 0.294 e. The van der Waals surface area contributed by atoms with E-state index in [9.17, 15) is 4.79 Å². The van der Waals surface area contributed by atoms with Crippen molar-refractivity contribution in [1.82, 2.24) is 0 Å². The molecule has 0 amide bonds. The number of carbonyl (C=O) groups excluding carboxylic acids is 1. The molecule has 0 spiro atoms. The number of benzene rings is 2. The molecule has 3 atom stereocenters. The van der Waals surface area contributed by atoms with E-state index in [-0.39, 0.29) is 5.92 Å². The molecule has 0 heterocycles. The highest BCUT2D eigenvalue weighted by Crippen LogP contribution is 2.45. The average molecular weight is 339 g/mol. The molecule has 24 heavy (non-hydrogen) atoms. The Morgan fingerprint density at radius 2 is 1.58 bits per heavy atom. The van der Waals surface area contributed by atoms with Gasteiger partial charge in [-0.05, 0) is 60.8 Å². The van der Waals surface area contributed by atoms with E-state index in [2.05, 4.69) is 18.2 Å². The highest BCUT2D eigenvalue weighted by atomic mass is 35.5. The Hall–Kier alpha value is -1.60. The van der Waals surface area contributed by atoms with Gasteiger partial charge >= 0.3 is 0 Å². The van der Waals surface area contributed by atoms with Crippen molar-refractivity contribution in [3.8, 4) is 0 Å². The zero-order valence-corrected chi connectivity index (χ0v) is 14.6. The Kier molecular flexibility index (Phi) is 4.45. The molecule has 3 unspecified atom stereocenters. The maximum absolute atomic E-state index is 13.1. The molecule has 2 aliphatic carbocycles. The molecule has 0 aromatic heterocycles. The Balaban J connectivity index is 1.64. The number of fused-ring (bicyclic) bond motifs is 1. The molecule has 0 bridgehead atoms. The van der Waals surface area contributed by atoms with E-state index in [0.29, 0.717) is 17.6 Å². The second kappa shape index (κ2) is 6.72. The molecule has 1 nitrogen and oxygen atoms in total. The van der Waals surface area contributed by atoms with Crippen LogP contribution in [0.1, 0.15) is 59.5 Å². The monoisotopic (exact) mass is 338 g/mol.